The van der Waals surface area contributed by atoms with E-state index in [0.717, 1.165) is 0 Å². The Morgan fingerprint density at radius 1 is 1.40 bits per heavy atom. The molecule has 0 atom stereocenters. The third kappa shape index (κ3) is 31.6. The van der Waals surface area contributed by atoms with Gasteiger partial charge in [0.1, 0.15) is 0 Å². The first-order valence-electron chi connectivity index (χ1n) is 0.365. The molecule has 0 aromatic heterocycles. The standard InChI is InChI=1S/Al.Na.H2O3.4H/c;;1-3-2;;;;/h;;1-2H;;;;/q;+1;;;;;-1. The molecule has 0 aliphatic heterocycles. The summed E-state index contributed by atoms with van der Waals surface area (Å²) in [4.78, 5) is 0. The van der Waals surface area contributed by atoms with Crippen LogP contribution in [0.1, 0.15) is 1.43 Å². The van der Waals surface area contributed by atoms with Crippen LogP contribution in [0.2, 0.25) is 0 Å². The maximum Gasteiger partial charge on any atom is 1.00 e. The van der Waals surface area contributed by atoms with E-state index in [4.69, 9.17) is 10.5 Å². The Morgan fingerprint density at radius 2 is 1.40 bits per heavy atom. The van der Waals surface area contributed by atoms with Gasteiger partial charge in [-0.15, -0.1) is 0 Å². The summed E-state index contributed by atoms with van der Waals surface area (Å²) < 4.78 is 0. The van der Waals surface area contributed by atoms with E-state index in [-0.39, 0.29) is 48.3 Å². The molecule has 0 saturated carbocycles. The van der Waals surface area contributed by atoms with Gasteiger partial charge in [0.05, 0.1) is 0 Å². The largest absolute Gasteiger partial charge is 1.00 e. The Bertz CT molecular complexity index is 10.8. The minimum absolute atomic E-state index is 0. The van der Waals surface area contributed by atoms with Gasteiger partial charge in [-0.1, -0.05) is 5.04 Å². The summed E-state index contributed by atoms with van der Waals surface area (Å²) in [6.45, 7) is 0. The molecule has 0 aliphatic carbocycles. The van der Waals surface area contributed by atoms with E-state index >= 15 is 0 Å². The van der Waals surface area contributed by atoms with Gasteiger partial charge in [-0.25, -0.2) is 10.5 Å². The summed E-state index contributed by atoms with van der Waals surface area (Å²) in [5.74, 6) is 0. The molecule has 0 saturated heterocycles. The molecule has 0 bridgehead atoms. The monoisotopic (exact) mass is 104 g/mol. The summed E-state index contributed by atoms with van der Waals surface area (Å²) in [6, 6.07) is 0. The molecule has 0 rings (SSSR count). The van der Waals surface area contributed by atoms with Gasteiger partial charge in [0.2, 0.25) is 0 Å². The van der Waals surface area contributed by atoms with Crippen molar-refractivity contribution in [2.24, 2.45) is 0 Å². The fourth-order valence-electron chi connectivity index (χ4n) is 0. The zero-order valence-corrected chi connectivity index (χ0v) is 4.30. The van der Waals surface area contributed by atoms with Crippen LogP contribution in [0.15, 0.2) is 0 Å². The third-order valence-electron chi connectivity index (χ3n) is 0. The maximum absolute atomic E-state index is 6.62. The molecule has 5 heavy (non-hydrogen) atoms. The van der Waals surface area contributed by atoms with Crippen LogP contribution in [0.3, 0.4) is 0 Å². The van der Waals surface area contributed by atoms with E-state index in [1.165, 1.54) is 0 Å². The molecule has 0 radical (unpaired) electrons. The van der Waals surface area contributed by atoms with Crippen LogP contribution >= 0.6 is 0 Å². The topological polar surface area (TPSA) is 49.7 Å². The van der Waals surface area contributed by atoms with Crippen molar-refractivity contribution >= 4 is 17.4 Å². The number of hydrogen-bond donors (Lipinski definition) is 2. The predicted molar refractivity (Wildman–Crippen MR) is 17.4 cm³/mol. The Balaban J connectivity index is -0.00000000667. The molecule has 2 N–H and O–H groups in total. The van der Waals surface area contributed by atoms with E-state index in [0.29, 0.717) is 0 Å². The Hall–Kier alpha value is 1.41. The minimum Gasteiger partial charge on any atom is -1.00 e. The Morgan fingerprint density at radius 3 is 1.40 bits per heavy atom. The van der Waals surface area contributed by atoms with Crippen LogP contribution in [0.5, 0.6) is 0 Å². The fourth-order valence-corrected chi connectivity index (χ4v) is 0. The van der Waals surface area contributed by atoms with E-state index in [1.807, 2.05) is 0 Å². The molecule has 0 amide bonds. The molecule has 0 aromatic carbocycles. The van der Waals surface area contributed by atoms with E-state index in [2.05, 4.69) is 5.04 Å². The van der Waals surface area contributed by atoms with Gasteiger partial charge in [0.15, 0.2) is 17.4 Å². The quantitative estimate of drug-likeness (QED) is 0.186. The van der Waals surface area contributed by atoms with Crippen LogP contribution in [0.25, 0.3) is 0 Å². The average Bonchev–Trinajstić information content (AvgIpc) is 0.918. The van der Waals surface area contributed by atoms with Crippen LogP contribution < -0.4 is 29.6 Å². The predicted octanol–water partition coefficient (Wildman–Crippen LogP) is -4.12. The number of hydrogen-bond acceptors (Lipinski definition) is 3. The summed E-state index contributed by atoms with van der Waals surface area (Å²) in [5, 5.41) is 15.5. The average molecular weight is 104 g/mol. The second-order valence-electron chi connectivity index (χ2n) is 0.0816. The van der Waals surface area contributed by atoms with Crippen molar-refractivity contribution in [3.63, 3.8) is 0 Å². The van der Waals surface area contributed by atoms with Gasteiger partial charge >= 0.3 is 29.6 Å². The summed E-state index contributed by atoms with van der Waals surface area (Å²) in [6.07, 6.45) is 0. The molecule has 28 valence electrons. The summed E-state index contributed by atoms with van der Waals surface area (Å²) in [5.41, 5.74) is 0. The molecule has 0 aromatic rings. The second kappa shape index (κ2) is 18.1. The molecule has 0 heterocycles. The second-order valence-corrected chi connectivity index (χ2v) is 0.0816. The van der Waals surface area contributed by atoms with Crippen molar-refractivity contribution in [3.05, 3.63) is 0 Å². The molecule has 5 heteroatoms. The first-order chi connectivity index (χ1) is 1.41. The first-order valence-corrected chi connectivity index (χ1v) is 0.365. The molecular formula is H6AlNaO3. The summed E-state index contributed by atoms with van der Waals surface area (Å²) in [7, 11) is 0. The van der Waals surface area contributed by atoms with Crippen LogP contribution in [-0.2, 0) is 5.04 Å². The van der Waals surface area contributed by atoms with Crippen LogP contribution in [-0.4, -0.2) is 27.9 Å². The van der Waals surface area contributed by atoms with Crippen LogP contribution in [0.4, 0.5) is 0 Å². The third-order valence-corrected chi connectivity index (χ3v) is 0. The van der Waals surface area contributed by atoms with E-state index in [1.54, 1.807) is 0 Å². The van der Waals surface area contributed by atoms with Crippen molar-refractivity contribution < 1.29 is 46.5 Å². The first kappa shape index (κ1) is 16.1. The molecule has 0 spiro atoms. The van der Waals surface area contributed by atoms with Crippen molar-refractivity contribution in [2.45, 2.75) is 0 Å². The smallest absolute Gasteiger partial charge is 1.00 e. The van der Waals surface area contributed by atoms with Crippen molar-refractivity contribution in [3.8, 4) is 0 Å². The molecule has 0 aliphatic rings. The molecular weight excluding hydrogens is 98.0 g/mol. The van der Waals surface area contributed by atoms with E-state index in [9.17, 15) is 0 Å². The molecule has 3 nitrogen and oxygen atoms in total. The number of rotatable bonds is 0. The normalized spacial score (nSPS) is 3.60. The van der Waals surface area contributed by atoms with Gasteiger partial charge in [-0.2, -0.15) is 0 Å². The van der Waals surface area contributed by atoms with Gasteiger partial charge in [0, 0.05) is 0 Å². The van der Waals surface area contributed by atoms with Crippen LogP contribution in [0, 0.1) is 0 Å². The van der Waals surface area contributed by atoms with Crippen molar-refractivity contribution in [1.29, 1.82) is 0 Å². The maximum atomic E-state index is 6.62. The van der Waals surface area contributed by atoms with Gasteiger partial charge in [-0.3, -0.25) is 0 Å². The zero-order chi connectivity index (χ0) is 2.71. The van der Waals surface area contributed by atoms with Crippen molar-refractivity contribution in [2.75, 3.05) is 0 Å². The fraction of sp³-hybridized carbons (Fsp3) is 0. The minimum atomic E-state index is 0. The Kier molecular flexibility index (Phi) is 58.4. The van der Waals surface area contributed by atoms with E-state index < -0.39 is 0 Å². The van der Waals surface area contributed by atoms with Gasteiger partial charge < -0.3 is 1.43 Å². The molecule has 0 fully saturated rings. The van der Waals surface area contributed by atoms with Gasteiger partial charge in [-0.05, 0) is 0 Å². The Labute approximate surface area is 63.7 Å². The van der Waals surface area contributed by atoms with Crippen molar-refractivity contribution in [1.82, 2.24) is 0 Å². The summed E-state index contributed by atoms with van der Waals surface area (Å²) >= 11 is 0. The zero-order valence-electron chi connectivity index (χ0n) is 3.30. The SMILES string of the molecule is OOO.[AlH3].[H-].[Na+]. The van der Waals surface area contributed by atoms with Gasteiger partial charge in [0.25, 0.3) is 0 Å². The molecule has 0 unspecified atom stereocenters.